The van der Waals surface area contributed by atoms with E-state index in [0.29, 0.717) is 12.5 Å². The number of nitrogens with zero attached hydrogens (tertiary/aromatic N) is 3. The summed E-state index contributed by atoms with van der Waals surface area (Å²) in [7, 11) is 0. The lowest BCUT2D eigenvalue weighted by atomic mass is 10.0. The van der Waals surface area contributed by atoms with Crippen LogP contribution in [0.25, 0.3) is 0 Å². The molecule has 1 aliphatic rings. The molecule has 1 aromatic rings. The monoisotopic (exact) mass is 276 g/mol. The molecule has 0 fully saturated rings. The fourth-order valence-electron chi connectivity index (χ4n) is 2.35. The van der Waals surface area contributed by atoms with Crippen LogP contribution >= 0.6 is 0 Å². The van der Waals surface area contributed by atoms with Gasteiger partial charge in [-0.25, -0.2) is 5.48 Å². The van der Waals surface area contributed by atoms with Gasteiger partial charge in [-0.05, 0) is 11.5 Å². The van der Waals surface area contributed by atoms with Crippen molar-refractivity contribution in [3.8, 4) is 0 Å². The van der Waals surface area contributed by atoms with E-state index in [1.165, 1.54) is 0 Å². The number of amidine groups is 2. The predicted octanol–water partition coefficient (Wildman–Crippen LogP) is 1.86. The number of nitrogens with one attached hydrogen (secondary N) is 1. The number of hydrogen-bond acceptors (Lipinski definition) is 5. The van der Waals surface area contributed by atoms with Gasteiger partial charge in [0, 0.05) is 13.1 Å². The Bertz CT molecular complexity index is 499. The number of oxime groups is 1. The molecule has 0 saturated heterocycles. The van der Waals surface area contributed by atoms with Crippen molar-refractivity contribution >= 4 is 11.7 Å². The fourth-order valence-corrected chi connectivity index (χ4v) is 2.35. The molecule has 0 saturated carbocycles. The molecular formula is C14H20N4O2. The Morgan fingerprint density at radius 3 is 2.65 bits per heavy atom. The lowest BCUT2D eigenvalue weighted by Gasteiger charge is -2.33. The van der Waals surface area contributed by atoms with Crippen LogP contribution in [-0.4, -0.2) is 40.1 Å². The Labute approximate surface area is 118 Å². The van der Waals surface area contributed by atoms with Crippen molar-refractivity contribution in [2.45, 2.75) is 19.9 Å². The van der Waals surface area contributed by atoms with E-state index in [1.807, 2.05) is 40.7 Å². The van der Waals surface area contributed by atoms with Crippen LogP contribution in [0.4, 0.5) is 0 Å². The van der Waals surface area contributed by atoms with Gasteiger partial charge in [0.05, 0.1) is 6.04 Å². The standard InChI is InChI=1S/C14H20N4O2/c1-10(2)8-18-9-12(11-6-4-3-5-7-11)15-13(16-19)14(18)17-20/h3-7,10,12,19-20H,8-9H2,1-2H3,(H,15,16)/b17-14+. The summed E-state index contributed by atoms with van der Waals surface area (Å²) < 4.78 is 0. The Hall–Kier alpha value is -2.08. The van der Waals surface area contributed by atoms with Crippen molar-refractivity contribution < 1.29 is 10.4 Å². The average Bonchev–Trinajstić information content (AvgIpc) is 2.46. The van der Waals surface area contributed by atoms with E-state index in [-0.39, 0.29) is 17.7 Å². The topological polar surface area (TPSA) is 80.5 Å². The second-order valence-corrected chi connectivity index (χ2v) is 5.24. The first-order chi connectivity index (χ1) is 9.65. The molecule has 1 heterocycles. The molecule has 0 radical (unpaired) electrons. The Kier molecular flexibility index (Phi) is 4.57. The molecular weight excluding hydrogens is 256 g/mol. The molecule has 0 aliphatic carbocycles. The second-order valence-electron chi connectivity index (χ2n) is 5.24. The number of hydrogen-bond donors (Lipinski definition) is 3. The van der Waals surface area contributed by atoms with Crippen molar-refractivity contribution in [2.24, 2.45) is 16.1 Å². The van der Waals surface area contributed by atoms with E-state index >= 15 is 0 Å². The minimum absolute atomic E-state index is 0.102. The minimum Gasteiger partial charge on any atom is -0.409 e. The van der Waals surface area contributed by atoms with Crippen molar-refractivity contribution in [1.82, 2.24) is 10.4 Å². The first-order valence-corrected chi connectivity index (χ1v) is 6.66. The van der Waals surface area contributed by atoms with Crippen LogP contribution in [0.1, 0.15) is 25.5 Å². The zero-order chi connectivity index (χ0) is 14.5. The number of rotatable bonds is 3. The molecule has 3 N–H and O–H groups in total. The van der Waals surface area contributed by atoms with E-state index in [9.17, 15) is 5.21 Å². The van der Waals surface area contributed by atoms with Gasteiger partial charge in [-0.15, -0.1) is 0 Å². The van der Waals surface area contributed by atoms with Crippen molar-refractivity contribution in [3.63, 3.8) is 0 Å². The van der Waals surface area contributed by atoms with Crippen molar-refractivity contribution in [3.05, 3.63) is 35.9 Å². The van der Waals surface area contributed by atoms with E-state index in [1.54, 1.807) is 0 Å². The van der Waals surface area contributed by atoms with Crippen LogP contribution in [0.5, 0.6) is 0 Å². The molecule has 0 spiro atoms. The summed E-state index contributed by atoms with van der Waals surface area (Å²) in [6, 6.07) is 9.76. The number of aliphatic imine (C=N–C) groups is 1. The number of benzene rings is 1. The van der Waals surface area contributed by atoms with E-state index in [0.717, 1.165) is 12.1 Å². The van der Waals surface area contributed by atoms with Crippen LogP contribution in [0.2, 0.25) is 0 Å². The summed E-state index contributed by atoms with van der Waals surface area (Å²) in [6.45, 7) is 5.52. The van der Waals surface area contributed by atoms with E-state index < -0.39 is 0 Å². The minimum atomic E-state index is -0.102. The van der Waals surface area contributed by atoms with Crippen LogP contribution < -0.4 is 5.48 Å². The normalized spacial score (nSPS) is 21.2. The Balaban J connectivity index is 2.32. The molecule has 1 unspecified atom stereocenters. The first-order valence-electron chi connectivity index (χ1n) is 6.66. The first kappa shape index (κ1) is 14.3. The van der Waals surface area contributed by atoms with Gasteiger partial charge < -0.3 is 10.1 Å². The maximum atomic E-state index is 9.21. The van der Waals surface area contributed by atoms with Gasteiger partial charge in [-0.3, -0.25) is 10.2 Å². The van der Waals surface area contributed by atoms with Crippen molar-refractivity contribution in [2.75, 3.05) is 13.1 Å². The summed E-state index contributed by atoms with van der Waals surface area (Å²) >= 11 is 0. The van der Waals surface area contributed by atoms with Crippen LogP contribution in [0.3, 0.4) is 0 Å². The fraction of sp³-hybridized carbons (Fsp3) is 0.429. The van der Waals surface area contributed by atoms with E-state index in [4.69, 9.17) is 5.21 Å². The maximum Gasteiger partial charge on any atom is 0.212 e. The largest absolute Gasteiger partial charge is 0.409 e. The molecule has 6 heteroatoms. The highest BCUT2D eigenvalue weighted by Crippen LogP contribution is 2.23. The second kappa shape index (κ2) is 6.38. The molecule has 6 nitrogen and oxygen atoms in total. The highest BCUT2D eigenvalue weighted by molar-refractivity contribution is 6.40. The SMILES string of the molecule is CC(C)CN1CC(c2ccccc2)N=C(NO)/C1=N\O. The molecule has 2 rings (SSSR count). The highest BCUT2D eigenvalue weighted by atomic mass is 16.5. The molecule has 1 aliphatic heterocycles. The molecule has 0 amide bonds. The van der Waals surface area contributed by atoms with Crippen molar-refractivity contribution in [1.29, 1.82) is 0 Å². The highest BCUT2D eigenvalue weighted by Gasteiger charge is 2.29. The zero-order valence-electron chi connectivity index (χ0n) is 11.7. The Morgan fingerprint density at radius 2 is 2.10 bits per heavy atom. The summed E-state index contributed by atoms with van der Waals surface area (Å²) in [5.74, 6) is 0.864. The maximum absolute atomic E-state index is 9.21. The van der Waals surface area contributed by atoms with E-state index in [2.05, 4.69) is 24.0 Å². The van der Waals surface area contributed by atoms with Crippen LogP contribution in [-0.2, 0) is 0 Å². The lowest BCUT2D eigenvalue weighted by Crippen LogP contribution is -2.49. The summed E-state index contributed by atoms with van der Waals surface area (Å²) in [5.41, 5.74) is 3.09. The average molecular weight is 276 g/mol. The smallest absolute Gasteiger partial charge is 0.212 e. The third kappa shape index (κ3) is 3.08. The van der Waals surface area contributed by atoms with Gasteiger partial charge in [-0.2, -0.15) is 0 Å². The third-order valence-corrected chi connectivity index (χ3v) is 3.16. The number of hydroxylamine groups is 1. The molecule has 1 aromatic carbocycles. The zero-order valence-corrected chi connectivity index (χ0v) is 11.7. The van der Waals surface area contributed by atoms with Gasteiger partial charge in [-0.1, -0.05) is 49.3 Å². The molecule has 1 atom stereocenters. The predicted molar refractivity (Wildman–Crippen MR) is 77.2 cm³/mol. The van der Waals surface area contributed by atoms with Gasteiger partial charge in [0.2, 0.25) is 5.84 Å². The lowest BCUT2D eigenvalue weighted by molar-refractivity contribution is 0.227. The molecule has 0 bridgehead atoms. The van der Waals surface area contributed by atoms with Crippen LogP contribution in [0.15, 0.2) is 40.5 Å². The third-order valence-electron chi connectivity index (χ3n) is 3.16. The summed E-state index contributed by atoms with van der Waals surface area (Å²) in [4.78, 5) is 6.33. The molecule has 20 heavy (non-hydrogen) atoms. The summed E-state index contributed by atoms with van der Waals surface area (Å²) in [5, 5.41) is 21.6. The van der Waals surface area contributed by atoms with Gasteiger partial charge >= 0.3 is 0 Å². The van der Waals surface area contributed by atoms with Gasteiger partial charge in [0.25, 0.3) is 0 Å². The van der Waals surface area contributed by atoms with Gasteiger partial charge in [0.15, 0.2) is 5.84 Å². The Morgan fingerprint density at radius 1 is 1.40 bits per heavy atom. The molecule has 108 valence electrons. The quantitative estimate of drug-likeness (QED) is 0.581. The molecule has 0 aromatic heterocycles. The van der Waals surface area contributed by atoms with Gasteiger partial charge in [0.1, 0.15) is 0 Å². The summed E-state index contributed by atoms with van der Waals surface area (Å²) in [6.07, 6.45) is 0. The van der Waals surface area contributed by atoms with Crippen LogP contribution in [0, 0.1) is 5.92 Å².